The Morgan fingerprint density at radius 3 is 1.88 bits per heavy atom. The second-order valence-electron chi connectivity index (χ2n) is 15.6. The van der Waals surface area contributed by atoms with Gasteiger partial charge >= 0.3 is 17.9 Å². The molecule has 0 saturated carbocycles. The first kappa shape index (κ1) is 45.4. The van der Waals surface area contributed by atoms with Crippen LogP contribution in [0.4, 0.5) is 5.95 Å². The van der Waals surface area contributed by atoms with Crippen LogP contribution in [0.25, 0.3) is 11.1 Å². The molecule has 4 aromatic carbocycles. The number of ether oxygens (including phenoxy) is 4. The molecule has 1 fully saturated rings. The van der Waals surface area contributed by atoms with Crippen molar-refractivity contribution in [3.05, 3.63) is 159 Å². The summed E-state index contributed by atoms with van der Waals surface area (Å²) in [6, 6.07) is 32.9. The number of carbonyl (C=O) groups excluding carboxylic acids is 3. The number of dihydropyridines is 1. The summed E-state index contributed by atoms with van der Waals surface area (Å²) in [6.45, 7) is 12.1. The molecule has 8 rings (SSSR count). The molecule has 13 nitrogen and oxygen atoms in total. The fourth-order valence-corrected chi connectivity index (χ4v) is 9.96. The predicted octanol–water partition coefficient (Wildman–Crippen LogP) is 9.39. The number of fused-ring (bicyclic) bond motifs is 1. The molecule has 3 aliphatic heterocycles. The first-order valence-electron chi connectivity index (χ1n) is 21.5. The lowest BCUT2D eigenvalue weighted by atomic mass is 9.78. The van der Waals surface area contributed by atoms with E-state index < -0.39 is 29.9 Å². The molecule has 3 aliphatic rings. The number of thioether (sulfide) groups is 1. The van der Waals surface area contributed by atoms with Crippen LogP contribution in [0.5, 0.6) is 5.75 Å². The number of hydrogen-bond donors (Lipinski definition) is 2. The van der Waals surface area contributed by atoms with Crippen LogP contribution in [-0.4, -0.2) is 63.7 Å². The van der Waals surface area contributed by atoms with Gasteiger partial charge in [-0.05, 0) is 103 Å². The number of nitrogens with one attached hydrogen (secondary N) is 2. The van der Waals surface area contributed by atoms with E-state index in [1.54, 1.807) is 25.6 Å². The van der Waals surface area contributed by atoms with E-state index in [0.29, 0.717) is 50.3 Å². The predicted molar refractivity (Wildman–Crippen MR) is 247 cm³/mol. The molecule has 1 saturated heterocycles. The maximum Gasteiger partial charge on any atom is 0.338 e. The fraction of sp³-hybridized carbons (Fsp3) is 0.320. The smallest absolute Gasteiger partial charge is 0.338 e. The molecule has 3 atom stereocenters. The molecule has 0 radical (unpaired) electrons. The van der Waals surface area contributed by atoms with Gasteiger partial charge in [0.1, 0.15) is 18.4 Å². The van der Waals surface area contributed by atoms with Crippen molar-refractivity contribution in [1.29, 1.82) is 0 Å². The normalized spacial score (nSPS) is 18.3. The quantitative estimate of drug-likeness (QED) is 0.0904. The molecular formula is C50H54N6O7S. The molecule has 5 aromatic rings. The molecule has 4 heterocycles. The lowest BCUT2D eigenvalue weighted by molar-refractivity contribution is -0.141. The van der Waals surface area contributed by atoms with Crippen molar-refractivity contribution in [1.82, 2.24) is 25.5 Å². The molecular weight excluding hydrogens is 829 g/mol. The van der Waals surface area contributed by atoms with Gasteiger partial charge in [0.15, 0.2) is 0 Å². The van der Waals surface area contributed by atoms with Gasteiger partial charge in [0.2, 0.25) is 5.95 Å². The van der Waals surface area contributed by atoms with Crippen molar-refractivity contribution in [3.8, 4) is 16.9 Å². The third-order valence-electron chi connectivity index (χ3n) is 11.4. The Kier molecular flexibility index (Phi) is 14.7. The van der Waals surface area contributed by atoms with E-state index in [1.807, 2.05) is 130 Å². The minimum absolute atomic E-state index is 0.172. The third kappa shape index (κ3) is 9.76. The van der Waals surface area contributed by atoms with E-state index >= 15 is 0 Å². The highest BCUT2D eigenvalue weighted by Gasteiger charge is 2.40. The number of carbonyl (C=O) groups is 3. The van der Waals surface area contributed by atoms with E-state index in [4.69, 9.17) is 18.9 Å². The number of aromatic nitrogens is 4. The fourth-order valence-electron chi connectivity index (χ4n) is 8.50. The highest BCUT2D eigenvalue weighted by Crippen LogP contribution is 2.49. The van der Waals surface area contributed by atoms with E-state index in [-0.39, 0.29) is 19.8 Å². The zero-order chi connectivity index (χ0) is 45.3. The topological polar surface area (TPSA) is 156 Å². The maximum atomic E-state index is 13.4. The number of esters is 3. The summed E-state index contributed by atoms with van der Waals surface area (Å²) in [5.74, 6) is -0.506. The second kappa shape index (κ2) is 20.7. The van der Waals surface area contributed by atoms with Crippen LogP contribution in [0.1, 0.15) is 93.8 Å². The summed E-state index contributed by atoms with van der Waals surface area (Å²) in [4.78, 5) is 39.4. The van der Waals surface area contributed by atoms with E-state index in [1.165, 1.54) is 5.56 Å². The van der Waals surface area contributed by atoms with Crippen molar-refractivity contribution in [2.75, 3.05) is 25.6 Å². The van der Waals surface area contributed by atoms with Crippen molar-refractivity contribution in [3.63, 3.8) is 0 Å². The maximum absolute atomic E-state index is 13.4. The van der Waals surface area contributed by atoms with Gasteiger partial charge in [-0.3, -0.25) is 0 Å². The van der Waals surface area contributed by atoms with Gasteiger partial charge in [-0.2, -0.15) is 16.4 Å². The number of anilines is 1. The molecule has 64 heavy (non-hydrogen) atoms. The Morgan fingerprint density at radius 1 is 0.688 bits per heavy atom. The van der Waals surface area contributed by atoms with Crippen LogP contribution in [0, 0.1) is 0 Å². The zero-order valence-corrected chi connectivity index (χ0v) is 38.0. The molecule has 0 spiro atoms. The summed E-state index contributed by atoms with van der Waals surface area (Å²) < 4.78 is 23.4. The van der Waals surface area contributed by atoms with Crippen LogP contribution < -0.4 is 15.4 Å². The van der Waals surface area contributed by atoms with Gasteiger partial charge in [0.25, 0.3) is 0 Å². The zero-order valence-electron chi connectivity index (χ0n) is 37.2. The molecule has 14 heteroatoms. The van der Waals surface area contributed by atoms with Crippen LogP contribution in [-0.2, 0) is 35.2 Å². The van der Waals surface area contributed by atoms with Crippen molar-refractivity contribution >= 4 is 35.6 Å². The van der Waals surface area contributed by atoms with E-state index in [2.05, 4.69) is 39.1 Å². The summed E-state index contributed by atoms with van der Waals surface area (Å²) >= 11 is 1.96. The summed E-state index contributed by atoms with van der Waals surface area (Å²) in [6.07, 6.45) is 2.25. The Bertz CT molecular complexity index is 2550. The Balaban J connectivity index is 0.000000193. The number of tetrazole rings is 1. The number of allylic oxidation sites excluding steroid dienone is 3. The number of hydrogen-bond acceptors (Lipinski definition) is 13. The Hall–Kier alpha value is -6.67. The lowest BCUT2D eigenvalue weighted by Crippen LogP contribution is -2.33. The Morgan fingerprint density at radius 2 is 1.27 bits per heavy atom. The molecule has 0 aliphatic carbocycles. The van der Waals surface area contributed by atoms with Crippen molar-refractivity contribution in [2.24, 2.45) is 0 Å². The Labute approximate surface area is 378 Å². The highest BCUT2D eigenvalue weighted by atomic mass is 32.2. The van der Waals surface area contributed by atoms with Crippen LogP contribution >= 0.6 is 11.8 Å². The van der Waals surface area contributed by atoms with Gasteiger partial charge in [0.05, 0.1) is 43.0 Å². The number of rotatable bonds is 12. The molecule has 0 amide bonds. The summed E-state index contributed by atoms with van der Waals surface area (Å²) in [5, 5.41) is 19.4. The molecule has 2 unspecified atom stereocenters. The van der Waals surface area contributed by atoms with Crippen LogP contribution in [0.3, 0.4) is 0 Å². The minimum atomic E-state index is -0.562. The van der Waals surface area contributed by atoms with E-state index in [0.717, 1.165) is 46.4 Å². The van der Waals surface area contributed by atoms with E-state index in [9.17, 15) is 14.4 Å². The lowest BCUT2D eigenvalue weighted by Gasteiger charge is -2.32. The van der Waals surface area contributed by atoms with Gasteiger partial charge in [-0.1, -0.05) is 103 Å². The van der Waals surface area contributed by atoms with Crippen LogP contribution in [0.2, 0.25) is 0 Å². The van der Waals surface area contributed by atoms with Crippen LogP contribution in [0.15, 0.2) is 137 Å². The molecule has 2 N–H and O–H groups in total. The van der Waals surface area contributed by atoms with Gasteiger partial charge in [-0.25, -0.2) is 14.4 Å². The SMILES string of the molecule is CCOC(=O)C1=C(C)NC(C)=C(C(=O)OCC)C1c1ccccc1[C@@H]1CCC(C)S1.COc1ccc(-c2ccccc2C2C(C(=O)OCc3ccccc3)=C(C)Nc3nnnn32)cc1. The first-order valence-corrected chi connectivity index (χ1v) is 22.5. The van der Waals surface area contributed by atoms with Crippen molar-refractivity contribution < 1.29 is 33.3 Å². The molecule has 1 aromatic heterocycles. The van der Waals surface area contributed by atoms with Gasteiger partial charge in [0, 0.05) is 27.6 Å². The van der Waals surface area contributed by atoms with Gasteiger partial charge < -0.3 is 29.6 Å². The first-order chi connectivity index (χ1) is 31.0. The number of nitrogens with zero attached hydrogens (tertiary/aromatic N) is 4. The van der Waals surface area contributed by atoms with Gasteiger partial charge in [-0.15, -0.1) is 0 Å². The minimum Gasteiger partial charge on any atom is -0.497 e. The average molecular weight is 883 g/mol. The standard InChI is InChI=1S/C26H23N5O3.C24H31NO4S/c1-17-23(25(32)34-16-18-8-4-3-5-9-18)24(31-26(27-17)28-29-30-31)22-11-7-6-10-21(22)19-12-14-20(33-2)15-13-19;1-6-28-23(26)20-15(4)25-16(5)21(24(27)29-7-2)22(20)18-11-9-8-10-17(18)19-13-12-14(3)30-19/h3-15,24H,16H2,1-2H3,(H,27,28,30);8-11,14,19,22,25H,6-7,12-13H2,1-5H3/t;14?,19-/m.0/s1. The van der Waals surface area contributed by atoms with Crippen molar-refractivity contribution in [2.45, 2.75) is 83.5 Å². The number of methoxy groups -OCH3 is 1. The molecule has 332 valence electrons. The molecule has 0 bridgehead atoms. The summed E-state index contributed by atoms with van der Waals surface area (Å²) in [5.41, 5.74) is 9.40. The largest absolute Gasteiger partial charge is 0.497 e. The third-order valence-corrected chi connectivity index (χ3v) is 13.0. The highest BCUT2D eigenvalue weighted by molar-refractivity contribution is 8.00. The number of benzene rings is 4. The average Bonchev–Trinajstić information content (AvgIpc) is 3.97. The second-order valence-corrected chi connectivity index (χ2v) is 17.3. The summed E-state index contributed by atoms with van der Waals surface area (Å²) in [7, 11) is 1.64. The monoisotopic (exact) mass is 882 g/mol.